The molecule has 3 heterocycles. The predicted octanol–water partition coefficient (Wildman–Crippen LogP) is 3.37. The number of piperidine rings is 1. The maximum absolute atomic E-state index is 12.8. The van der Waals surface area contributed by atoms with Crippen LogP contribution in [0.25, 0.3) is 0 Å². The molecule has 36 heavy (non-hydrogen) atoms. The molecular weight excluding hydrogens is 481 g/mol. The number of nitrogens with zero attached hydrogens (tertiary/aromatic N) is 3. The third-order valence-electron chi connectivity index (χ3n) is 5.48. The van der Waals surface area contributed by atoms with Crippen LogP contribution in [0.15, 0.2) is 30.6 Å². The number of primary amides is 1. The van der Waals surface area contributed by atoms with E-state index in [4.69, 9.17) is 10.5 Å². The number of carbonyl (C=O) groups excluding carboxylic acids is 2. The Balaban J connectivity index is 1.76. The van der Waals surface area contributed by atoms with Gasteiger partial charge in [0, 0.05) is 50.1 Å². The van der Waals surface area contributed by atoms with E-state index in [-0.39, 0.29) is 42.3 Å². The van der Waals surface area contributed by atoms with Gasteiger partial charge in [-0.15, -0.1) is 0 Å². The molecule has 0 saturated carbocycles. The van der Waals surface area contributed by atoms with E-state index in [9.17, 15) is 27.9 Å². The van der Waals surface area contributed by atoms with Crippen LogP contribution in [0.2, 0.25) is 0 Å². The number of anilines is 3. The van der Waals surface area contributed by atoms with Gasteiger partial charge in [0.2, 0.25) is 0 Å². The van der Waals surface area contributed by atoms with Crippen LogP contribution in [0.4, 0.5) is 35.3 Å². The minimum absolute atomic E-state index is 0.0900. The van der Waals surface area contributed by atoms with Crippen LogP contribution in [0.5, 0.6) is 0 Å². The number of nitrogens with two attached hydrogens (primary N) is 1. The quantitative estimate of drug-likeness (QED) is 0.463. The van der Waals surface area contributed by atoms with Gasteiger partial charge in [-0.05, 0) is 39.3 Å². The number of nitrogens with one attached hydrogen (secondary N) is 2. The average Bonchev–Trinajstić information content (AvgIpc) is 2.78. The summed E-state index contributed by atoms with van der Waals surface area (Å²) in [6, 6.07) is 3.21. The number of ether oxygens (including phenoxy) is 1. The molecule has 2 aromatic heterocycles. The SMILES string of the molecule is CC(C)(C)OC(=O)N1CC[C@@H](Nc2cc(Nc3ccc(C(F)(F)F)cn3)ncc2C(N)=O)[C@@H](CO)C1. The first-order chi connectivity index (χ1) is 16.8. The van der Waals surface area contributed by atoms with E-state index in [1.54, 1.807) is 20.8 Å². The van der Waals surface area contributed by atoms with Crippen molar-refractivity contribution in [2.45, 2.75) is 45.0 Å². The molecular formula is C23H29F3N6O4. The first-order valence-electron chi connectivity index (χ1n) is 11.2. The first-order valence-corrected chi connectivity index (χ1v) is 11.2. The van der Waals surface area contributed by atoms with Crippen molar-refractivity contribution in [1.29, 1.82) is 0 Å². The molecule has 2 atom stereocenters. The highest BCUT2D eigenvalue weighted by molar-refractivity contribution is 5.98. The fraction of sp³-hybridized carbons (Fsp3) is 0.478. The number of aliphatic hydroxyl groups is 1. The molecule has 0 aromatic carbocycles. The summed E-state index contributed by atoms with van der Waals surface area (Å²) in [5.74, 6) is -0.780. The Hall–Kier alpha value is -3.61. The number of aromatic nitrogens is 2. The average molecular weight is 511 g/mol. The Morgan fingerprint density at radius 2 is 1.89 bits per heavy atom. The summed E-state index contributed by atoms with van der Waals surface area (Å²) < 4.78 is 43.7. The van der Waals surface area contributed by atoms with Crippen LogP contribution >= 0.6 is 0 Å². The maximum Gasteiger partial charge on any atom is 0.417 e. The lowest BCUT2D eigenvalue weighted by Crippen LogP contribution is -2.51. The van der Waals surface area contributed by atoms with Gasteiger partial charge in [0.25, 0.3) is 5.91 Å². The zero-order valence-corrected chi connectivity index (χ0v) is 20.1. The molecule has 3 rings (SSSR count). The molecule has 0 radical (unpaired) electrons. The number of amides is 2. The largest absolute Gasteiger partial charge is 0.444 e. The van der Waals surface area contributed by atoms with Gasteiger partial charge in [0.1, 0.15) is 17.2 Å². The summed E-state index contributed by atoms with van der Waals surface area (Å²) in [6.07, 6.45) is -2.60. The number of hydrogen-bond donors (Lipinski definition) is 4. The van der Waals surface area contributed by atoms with E-state index in [1.165, 1.54) is 17.2 Å². The van der Waals surface area contributed by atoms with Crippen molar-refractivity contribution in [3.63, 3.8) is 0 Å². The Morgan fingerprint density at radius 1 is 1.19 bits per heavy atom. The molecule has 1 aliphatic heterocycles. The second-order valence-electron chi connectivity index (χ2n) is 9.44. The summed E-state index contributed by atoms with van der Waals surface area (Å²) in [5, 5.41) is 16.0. The molecule has 1 aliphatic rings. The van der Waals surface area contributed by atoms with Crippen LogP contribution in [0, 0.1) is 5.92 Å². The van der Waals surface area contributed by atoms with Crippen molar-refractivity contribution < 1.29 is 32.6 Å². The highest BCUT2D eigenvalue weighted by atomic mass is 19.4. The highest BCUT2D eigenvalue weighted by Crippen LogP contribution is 2.30. The van der Waals surface area contributed by atoms with E-state index in [2.05, 4.69) is 20.6 Å². The van der Waals surface area contributed by atoms with Crippen molar-refractivity contribution >= 4 is 29.3 Å². The summed E-state index contributed by atoms with van der Waals surface area (Å²) in [5.41, 5.74) is 4.36. The molecule has 2 aromatic rings. The van der Waals surface area contributed by atoms with E-state index < -0.39 is 29.3 Å². The summed E-state index contributed by atoms with van der Waals surface area (Å²) in [4.78, 5) is 33.8. The lowest BCUT2D eigenvalue weighted by molar-refractivity contribution is -0.137. The van der Waals surface area contributed by atoms with Crippen molar-refractivity contribution in [3.05, 3.63) is 41.7 Å². The van der Waals surface area contributed by atoms with E-state index in [1.807, 2.05) is 0 Å². The zero-order chi connectivity index (χ0) is 26.7. The molecule has 5 N–H and O–H groups in total. The Bertz CT molecular complexity index is 1090. The lowest BCUT2D eigenvalue weighted by Gasteiger charge is -2.39. The molecule has 0 spiro atoms. The third-order valence-corrected chi connectivity index (χ3v) is 5.48. The second-order valence-corrected chi connectivity index (χ2v) is 9.44. The van der Waals surface area contributed by atoms with Gasteiger partial charge in [0.05, 0.1) is 16.8 Å². The van der Waals surface area contributed by atoms with Crippen LogP contribution in [0.1, 0.15) is 43.1 Å². The molecule has 10 nitrogen and oxygen atoms in total. The number of halogens is 3. The Kier molecular flexibility index (Phi) is 7.92. The minimum atomic E-state index is -4.51. The highest BCUT2D eigenvalue weighted by Gasteiger charge is 2.34. The van der Waals surface area contributed by atoms with Crippen molar-refractivity contribution in [2.75, 3.05) is 30.3 Å². The van der Waals surface area contributed by atoms with Gasteiger partial charge in [-0.25, -0.2) is 14.8 Å². The Labute approximate surface area is 206 Å². The second kappa shape index (κ2) is 10.6. The van der Waals surface area contributed by atoms with Gasteiger partial charge in [-0.2, -0.15) is 13.2 Å². The number of aliphatic hydroxyl groups excluding tert-OH is 1. The van der Waals surface area contributed by atoms with E-state index in [0.29, 0.717) is 24.8 Å². The molecule has 1 fully saturated rings. The number of pyridine rings is 2. The topological polar surface area (TPSA) is 143 Å². The fourth-order valence-electron chi connectivity index (χ4n) is 3.71. The van der Waals surface area contributed by atoms with Gasteiger partial charge in [-0.1, -0.05) is 0 Å². The van der Waals surface area contributed by atoms with Gasteiger partial charge >= 0.3 is 12.3 Å². The first kappa shape index (κ1) is 27.0. The van der Waals surface area contributed by atoms with Crippen LogP contribution in [0.3, 0.4) is 0 Å². The van der Waals surface area contributed by atoms with Crippen molar-refractivity contribution in [1.82, 2.24) is 14.9 Å². The molecule has 13 heteroatoms. The smallest absolute Gasteiger partial charge is 0.417 e. The van der Waals surface area contributed by atoms with Crippen molar-refractivity contribution in [2.24, 2.45) is 11.7 Å². The molecule has 0 aliphatic carbocycles. The summed E-state index contributed by atoms with van der Waals surface area (Å²) >= 11 is 0. The van der Waals surface area contributed by atoms with E-state index in [0.717, 1.165) is 12.1 Å². The van der Waals surface area contributed by atoms with Crippen LogP contribution < -0.4 is 16.4 Å². The molecule has 2 amide bonds. The monoisotopic (exact) mass is 510 g/mol. The molecule has 196 valence electrons. The summed E-state index contributed by atoms with van der Waals surface area (Å²) in [6.45, 7) is 5.67. The molecule has 1 saturated heterocycles. The van der Waals surface area contributed by atoms with Crippen LogP contribution in [-0.4, -0.2) is 63.3 Å². The number of rotatable bonds is 6. The van der Waals surface area contributed by atoms with E-state index >= 15 is 0 Å². The van der Waals surface area contributed by atoms with Gasteiger partial charge in [0.15, 0.2) is 0 Å². The standard InChI is InChI=1S/C23H29F3N6O4/c1-22(2,3)36-21(35)32-7-6-16(13(11-32)12-33)30-17-8-19(29-10-15(17)20(27)34)31-18-5-4-14(9-28-18)23(24,25)26/h4-5,8-10,13,16,33H,6-7,11-12H2,1-3H3,(H2,27,34)(H2,28,29,30,31)/t13-,16-/m1/s1. The zero-order valence-electron chi connectivity index (χ0n) is 20.1. The maximum atomic E-state index is 12.8. The predicted molar refractivity (Wildman–Crippen MR) is 126 cm³/mol. The number of hydrogen-bond acceptors (Lipinski definition) is 8. The van der Waals surface area contributed by atoms with Gasteiger partial charge in [-0.3, -0.25) is 4.79 Å². The number of likely N-dealkylation sites (tertiary alicyclic amines) is 1. The minimum Gasteiger partial charge on any atom is -0.444 e. The van der Waals surface area contributed by atoms with Crippen molar-refractivity contribution in [3.8, 4) is 0 Å². The third kappa shape index (κ3) is 6.97. The fourth-order valence-corrected chi connectivity index (χ4v) is 3.71. The molecule has 0 unspecified atom stereocenters. The van der Waals surface area contributed by atoms with Gasteiger partial charge < -0.3 is 31.1 Å². The van der Waals surface area contributed by atoms with Crippen LogP contribution in [-0.2, 0) is 10.9 Å². The number of carbonyl (C=O) groups is 2. The Morgan fingerprint density at radius 3 is 2.44 bits per heavy atom. The molecule has 0 bridgehead atoms. The summed E-state index contributed by atoms with van der Waals surface area (Å²) in [7, 11) is 0. The normalized spacial score (nSPS) is 18.5. The number of alkyl halides is 3. The lowest BCUT2D eigenvalue weighted by atomic mass is 9.92.